The van der Waals surface area contributed by atoms with Crippen LogP contribution >= 0.6 is 0 Å². The molecule has 25 heavy (non-hydrogen) atoms. The van der Waals surface area contributed by atoms with E-state index in [1.54, 1.807) is 0 Å². The highest BCUT2D eigenvalue weighted by molar-refractivity contribution is 5.96. The van der Waals surface area contributed by atoms with Gasteiger partial charge in [0.2, 0.25) is 0 Å². The average molecular weight is 334 g/mol. The molecule has 1 saturated carbocycles. The van der Waals surface area contributed by atoms with Crippen LogP contribution in [0, 0.1) is 0 Å². The number of rotatable bonds is 3. The van der Waals surface area contributed by atoms with Crippen molar-refractivity contribution in [3.8, 4) is 0 Å². The molecule has 4 rings (SSSR count). The quantitative estimate of drug-likeness (QED) is 0.832. The van der Waals surface area contributed by atoms with Crippen molar-refractivity contribution in [3.05, 3.63) is 76.9 Å². The zero-order valence-electron chi connectivity index (χ0n) is 14.4. The smallest absolute Gasteiger partial charge is 0.184 e. The van der Waals surface area contributed by atoms with Crippen LogP contribution in [0.25, 0.3) is 6.08 Å². The van der Waals surface area contributed by atoms with Gasteiger partial charge in [-0.3, -0.25) is 4.79 Å². The Balaban J connectivity index is 1.62. The molecule has 1 aliphatic heterocycles. The second-order valence-electron chi connectivity index (χ2n) is 7.02. The van der Waals surface area contributed by atoms with Crippen LogP contribution in [-0.4, -0.2) is 19.0 Å². The van der Waals surface area contributed by atoms with Crippen LogP contribution in [-0.2, 0) is 19.7 Å². The molecule has 2 aromatic rings. The van der Waals surface area contributed by atoms with Crippen LogP contribution in [0.2, 0.25) is 0 Å². The molecule has 128 valence electrons. The molecule has 0 N–H and O–H groups in total. The van der Waals surface area contributed by atoms with Crippen molar-refractivity contribution >= 4 is 11.9 Å². The number of carbonyl (C=O) groups is 1. The molecule has 2 fully saturated rings. The van der Waals surface area contributed by atoms with E-state index in [0.717, 1.165) is 23.1 Å². The summed E-state index contributed by atoms with van der Waals surface area (Å²) in [5.41, 5.74) is 3.90. The van der Waals surface area contributed by atoms with Crippen LogP contribution in [0.5, 0.6) is 0 Å². The van der Waals surface area contributed by atoms with Crippen LogP contribution in [0.1, 0.15) is 42.7 Å². The maximum atomic E-state index is 12.8. The molecule has 0 aromatic heterocycles. The number of ether oxygens (including phenoxy) is 2. The Kier molecular flexibility index (Phi) is 4.28. The molecule has 2 aliphatic rings. The lowest BCUT2D eigenvalue weighted by Crippen LogP contribution is -2.26. The predicted molar refractivity (Wildman–Crippen MR) is 97.1 cm³/mol. The molecular formula is C22H22O3. The maximum Gasteiger partial charge on any atom is 0.184 e. The fourth-order valence-electron chi connectivity index (χ4n) is 3.75. The molecule has 1 atom stereocenters. The maximum absolute atomic E-state index is 12.8. The van der Waals surface area contributed by atoms with Gasteiger partial charge in [-0.25, -0.2) is 0 Å². The van der Waals surface area contributed by atoms with Gasteiger partial charge in [0.25, 0.3) is 0 Å². The highest BCUT2D eigenvalue weighted by Crippen LogP contribution is 2.42. The van der Waals surface area contributed by atoms with E-state index in [1.807, 2.05) is 36.4 Å². The molecule has 1 aliphatic carbocycles. The number of ketones is 1. The predicted octanol–water partition coefficient (Wildman–Crippen LogP) is 4.44. The summed E-state index contributed by atoms with van der Waals surface area (Å²) in [6.07, 6.45) is 3.12. The summed E-state index contributed by atoms with van der Waals surface area (Å²) in [5.74, 6) is 0.278. The van der Waals surface area contributed by atoms with E-state index in [0.29, 0.717) is 19.6 Å². The van der Waals surface area contributed by atoms with Crippen molar-refractivity contribution in [2.75, 3.05) is 13.2 Å². The van der Waals surface area contributed by atoms with Gasteiger partial charge in [-0.1, -0.05) is 60.2 Å². The summed E-state index contributed by atoms with van der Waals surface area (Å²) in [6, 6.07) is 18.3. The highest BCUT2D eigenvalue weighted by atomic mass is 16.7. The second kappa shape index (κ2) is 6.58. The lowest BCUT2D eigenvalue weighted by Gasteiger charge is -2.23. The van der Waals surface area contributed by atoms with Crippen LogP contribution in [0.3, 0.4) is 0 Å². The zero-order chi connectivity index (χ0) is 17.3. The Hall–Kier alpha value is -2.23. The molecule has 0 amide bonds. The number of allylic oxidation sites excluding steroid dienone is 1. The first kappa shape index (κ1) is 16.2. The summed E-state index contributed by atoms with van der Waals surface area (Å²) in [5, 5.41) is 0. The first-order chi connectivity index (χ1) is 12.1. The molecule has 0 spiro atoms. The topological polar surface area (TPSA) is 35.5 Å². The molecule has 3 heteroatoms. The summed E-state index contributed by atoms with van der Waals surface area (Å²) in [6.45, 7) is 3.29. The first-order valence-electron chi connectivity index (χ1n) is 8.77. The number of benzene rings is 2. The van der Waals surface area contributed by atoms with Gasteiger partial charge in [-0.2, -0.15) is 0 Å². The third-order valence-electron chi connectivity index (χ3n) is 5.17. The summed E-state index contributed by atoms with van der Waals surface area (Å²) in [7, 11) is 0. The van der Waals surface area contributed by atoms with Gasteiger partial charge < -0.3 is 9.47 Å². The number of hydrogen-bond donors (Lipinski definition) is 0. The van der Waals surface area contributed by atoms with Crippen molar-refractivity contribution < 1.29 is 14.3 Å². The number of carbonyl (C=O) groups excluding carboxylic acids is 1. The van der Waals surface area contributed by atoms with Gasteiger partial charge in [-0.15, -0.1) is 0 Å². The molecule has 3 nitrogen and oxygen atoms in total. The Bertz CT molecular complexity index is 803. The third-order valence-corrected chi connectivity index (χ3v) is 5.17. The van der Waals surface area contributed by atoms with Crippen molar-refractivity contribution in [1.29, 1.82) is 0 Å². The zero-order valence-corrected chi connectivity index (χ0v) is 14.4. The lowest BCUT2D eigenvalue weighted by atomic mass is 9.79. The van der Waals surface area contributed by atoms with E-state index < -0.39 is 5.41 Å². The molecule has 1 heterocycles. The van der Waals surface area contributed by atoms with Crippen LogP contribution < -0.4 is 0 Å². The van der Waals surface area contributed by atoms with Gasteiger partial charge >= 0.3 is 0 Å². The third kappa shape index (κ3) is 3.17. The minimum absolute atomic E-state index is 0.278. The minimum atomic E-state index is -0.477. The normalized spacial score (nSPS) is 25.8. The monoisotopic (exact) mass is 334 g/mol. The summed E-state index contributed by atoms with van der Waals surface area (Å²) < 4.78 is 11.2. The largest absolute Gasteiger partial charge is 0.346 e. The van der Waals surface area contributed by atoms with Gasteiger partial charge in [0.15, 0.2) is 6.29 Å². The van der Waals surface area contributed by atoms with E-state index in [2.05, 4.69) is 31.2 Å². The van der Waals surface area contributed by atoms with E-state index in [-0.39, 0.29) is 12.1 Å². The fourth-order valence-corrected chi connectivity index (χ4v) is 3.75. The van der Waals surface area contributed by atoms with Gasteiger partial charge in [0.05, 0.1) is 18.6 Å². The minimum Gasteiger partial charge on any atom is -0.346 e. The van der Waals surface area contributed by atoms with Crippen molar-refractivity contribution in [2.24, 2.45) is 0 Å². The Morgan fingerprint density at radius 2 is 1.80 bits per heavy atom. The molecule has 0 bridgehead atoms. The SMILES string of the molecule is CC1(c2cccc(C3OCCO3)c2)CC(=Cc2ccccc2)CC1=O. The van der Waals surface area contributed by atoms with Gasteiger partial charge in [0.1, 0.15) is 5.78 Å². The van der Waals surface area contributed by atoms with E-state index in [9.17, 15) is 4.79 Å². The summed E-state index contributed by atoms with van der Waals surface area (Å²) >= 11 is 0. The highest BCUT2D eigenvalue weighted by Gasteiger charge is 2.41. The summed E-state index contributed by atoms with van der Waals surface area (Å²) in [4.78, 5) is 12.8. The molecular weight excluding hydrogens is 312 g/mol. The van der Waals surface area contributed by atoms with Crippen LogP contribution in [0.4, 0.5) is 0 Å². The standard InChI is InChI=1S/C22H22O3/c1-22(19-9-5-8-18(14-19)21-24-10-11-25-21)15-17(13-20(22)23)12-16-6-3-2-4-7-16/h2-9,12,14,21H,10-11,13,15H2,1H3. The van der Waals surface area contributed by atoms with Crippen LogP contribution in [0.15, 0.2) is 60.2 Å². The Labute approximate surface area is 148 Å². The molecule has 1 unspecified atom stereocenters. The van der Waals surface area contributed by atoms with Crippen molar-refractivity contribution in [1.82, 2.24) is 0 Å². The van der Waals surface area contributed by atoms with Crippen molar-refractivity contribution in [2.45, 2.75) is 31.5 Å². The fraction of sp³-hybridized carbons (Fsp3) is 0.318. The Morgan fingerprint density at radius 1 is 1.04 bits per heavy atom. The first-order valence-corrected chi connectivity index (χ1v) is 8.77. The van der Waals surface area contributed by atoms with E-state index >= 15 is 0 Å². The van der Waals surface area contributed by atoms with E-state index in [4.69, 9.17) is 9.47 Å². The van der Waals surface area contributed by atoms with Gasteiger partial charge in [0, 0.05) is 12.0 Å². The second-order valence-corrected chi connectivity index (χ2v) is 7.02. The van der Waals surface area contributed by atoms with E-state index in [1.165, 1.54) is 5.57 Å². The molecule has 2 aromatic carbocycles. The van der Waals surface area contributed by atoms with Gasteiger partial charge in [-0.05, 0) is 30.5 Å². The molecule has 1 saturated heterocycles. The number of hydrogen-bond acceptors (Lipinski definition) is 3. The average Bonchev–Trinajstić information content (AvgIpc) is 3.26. The number of Topliss-reactive ketones (excluding diaryl/α,β-unsaturated/α-hetero) is 1. The lowest BCUT2D eigenvalue weighted by molar-refractivity contribution is -0.121. The van der Waals surface area contributed by atoms with Crippen molar-refractivity contribution in [3.63, 3.8) is 0 Å². The molecule has 0 radical (unpaired) electrons. The Morgan fingerprint density at radius 3 is 2.56 bits per heavy atom.